The monoisotopic (exact) mass is 545 g/mol. The molecule has 3 rings (SSSR count). The number of hydrogen-bond acceptors (Lipinski definition) is 5. The Bertz CT molecular complexity index is 608. The summed E-state index contributed by atoms with van der Waals surface area (Å²) < 4.78 is 19.9. The van der Waals surface area contributed by atoms with Crippen molar-refractivity contribution in [3.63, 3.8) is 0 Å². The van der Waals surface area contributed by atoms with Crippen molar-refractivity contribution in [1.29, 1.82) is 0 Å². The molecule has 0 aromatic carbocycles. The molecule has 10 heteroatoms. The molecule has 0 aliphatic carbocycles. The summed E-state index contributed by atoms with van der Waals surface area (Å²) in [4.78, 5) is 2.36. The molecule has 3 aliphatic rings. The van der Waals surface area contributed by atoms with Crippen molar-refractivity contribution >= 4 is 44.4 Å². The van der Waals surface area contributed by atoms with Crippen molar-refractivity contribution in [3.8, 4) is 0 Å². The van der Waals surface area contributed by atoms with E-state index in [1.165, 1.54) is 37.3 Å². The molecule has 0 bridgehead atoms. The van der Waals surface area contributed by atoms with Crippen LogP contribution in [0.1, 0.15) is 27.7 Å². The van der Waals surface area contributed by atoms with Crippen LogP contribution >= 0.6 is 0 Å². The van der Waals surface area contributed by atoms with Crippen LogP contribution in [0.5, 0.6) is 0 Å². The quantitative estimate of drug-likeness (QED) is 0.435. The maximum absolute atomic E-state index is 6.93. The summed E-state index contributed by atoms with van der Waals surface area (Å²) >= 11 is 0. The van der Waals surface area contributed by atoms with Crippen LogP contribution in [0.4, 0.5) is 0 Å². The van der Waals surface area contributed by atoms with Gasteiger partial charge < -0.3 is 22.2 Å². The van der Waals surface area contributed by atoms with Crippen LogP contribution in [0, 0.1) is 10.8 Å². The smallest absolute Gasteiger partial charge is 0.339 e. The molecular formula is C23H55N3O2Si5. The normalized spacial score (nSPS) is 29.0. The lowest BCUT2D eigenvalue weighted by Gasteiger charge is -2.46. The van der Waals surface area contributed by atoms with Crippen molar-refractivity contribution in [3.05, 3.63) is 0 Å². The fourth-order valence-corrected chi connectivity index (χ4v) is 31.0. The van der Waals surface area contributed by atoms with Crippen molar-refractivity contribution in [2.45, 2.75) is 90.1 Å². The minimum absolute atomic E-state index is 0.0393. The molecule has 0 aromatic rings. The Labute approximate surface area is 213 Å². The Kier molecular flexibility index (Phi) is 9.23. The summed E-state index contributed by atoms with van der Waals surface area (Å²) in [5.41, 5.74) is 0.539. The number of hydrogen-bond donors (Lipinski definition) is 0. The molecule has 3 saturated heterocycles. The first kappa shape index (κ1) is 28.5. The Morgan fingerprint density at radius 1 is 0.727 bits per heavy atom. The van der Waals surface area contributed by atoms with E-state index in [4.69, 9.17) is 8.85 Å². The maximum Gasteiger partial charge on any atom is 0.339 e. The van der Waals surface area contributed by atoms with Crippen molar-refractivity contribution in [2.24, 2.45) is 10.8 Å². The molecule has 3 heterocycles. The second-order valence-corrected chi connectivity index (χ2v) is 32.0. The Morgan fingerprint density at radius 2 is 1.12 bits per heavy atom. The Morgan fingerprint density at radius 3 is 1.45 bits per heavy atom. The predicted octanol–water partition coefficient (Wildman–Crippen LogP) is 3.51. The van der Waals surface area contributed by atoms with Gasteiger partial charge in [-0.15, -0.1) is 0 Å². The third-order valence-electron chi connectivity index (χ3n) is 8.56. The lowest BCUT2D eigenvalue weighted by molar-refractivity contribution is 0.0897. The maximum atomic E-state index is 6.93. The van der Waals surface area contributed by atoms with Crippen LogP contribution in [0.2, 0.25) is 62.5 Å². The molecular weight excluding hydrogens is 491 g/mol. The molecule has 0 spiro atoms. The lowest BCUT2D eigenvalue weighted by Crippen LogP contribution is -2.57. The average Bonchev–Trinajstić information content (AvgIpc) is 3.12. The minimum atomic E-state index is -2.32. The van der Waals surface area contributed by atoms with Gasteiger partial charge in [-0.05, 0) is 55.1 Å². The second-order valence-electron chi connectivity index (χ2n) is 14.3. The first-order valence-electron chi connectivity index (χ1n) is 13.6. The highest BCUT2D eigenvalue weighted by Gasteiger charge is 2.50. The standard InChI is InChI=1S/C23H55N3O2Si5/c1-22(2,18-25-29-14-16-31(25,6)7)20-33(27-12-10-24(5)11-13-28-33)21-23(3,4)19-26-30-15-17-32(26,8)9/h10-21,29-30H2,1-9H3. The Balaban J connectivity index is 1.77. The van der Waals surface area contributed by atoms with Gasteiger partial charge in [-0.25, -0.2) is 0 Å². The second kappa shape index (κ2) is 10.7. The molecule has 3 fully saturated rings. The van der Waals surface area contributed by atoms with E-state index in [0.717, 1.165) is 38.4 Å². The van der Waals surface area contributed by atoms with Gasteiger partial charge in [0.05, 0.1) is 19.4 Å². The van der Waals surface area contributed by atoms with E-state index in [9.17, 15) is 0 Å². The minimum Gasteiger partial charge on any atom is -0.393 e. The molecule has 0 aromatic heterocycles. The van der Waals surface area contributed by atoms with Gasteiger partial charge in [0.25, 0.3) is 0 Å². The molecule has 5 nitrogen and oxygen atoms in total. The summed E-state index contributed by atoms with van der Waals surface area (Å²) in [5, 5.41) is 0. The number of likely N-dealkylation sites (N-methyl/N-ethyl adjacent to an activating group) is 1. The molecule has 194 valence electrons. The van der Waals surface area contributed by atoms with Crippen LogP contribution in [-0.2, 0) is 8.85 Å². The summed E-state index contributed by atoms with van der Waals surface area (Å²) in [6, 6.07) is 8.40. The van der Waals surface area contributed by atoms with Gasteiger partial charge in [0.15, 0.2) is 0 Å². The fraction of sp³-hybridized carbons (Fsp3) is 1.00. The van der Waals surface area contributed by atoms with E-state index in [1.807, 2.05) is 0 Å². The van der Waals surface area contributed by atoms with Gasteiger partial charge in [-0.3, -0.25) is 0 Å². The molecule has 0 amide bonds. The number of rotatable bonds is 8. The van der Waals surface area contributed by atoms with Crippen LogP contribution in [0.3, 0.4) is 0 Å². The molecule has 0 N–H and O–H groups in total. The zero-order chi connectivity index (χ0) is 24.5. The van der Waals surface area contributed by atoms with Crippen molar-refractivity contribution in [1.82, 2.24) is 13.4 Å². The van der Waals surface area contributed by atoms with Gasteiger partial charge in [0.1, 0.15) is 16.5 Å². The summed E-state index contributed by atoms with van der Waals surface area (Å²) in [7, 11) is -2.52. The van der Waals surface area contributed by atoms with Gasteiger partial charge in [0, 0.05) is 26.3 Å². The largest absolute Gasteiger partial charge is 0.393 e. The highest BCUT2D eigenvalue weighted by Crippen LogP contribution is 2.42. The highest BCUT2D eigenvalue weighted by atomic mass is 28.4. The lowest BCUT2D eigenvalue weighted by atomic mass is 9.96. The summed E-state index contributed by atoms with van der Waals surface area (Å²) in [6.07, 6.45) is 0. The van der Waals surface area contributed by atoms with E-state index in [-0.39, 0.29) is 30.2 Å². The molecule has 0 unspecified atom stereocenters. The number of nitrogens with zero attached hydrogens (tertiary/aromatic N) is 3. The third-order valence-corrected chi connectivity index (χ3v) is 30.7. The zero-order valence-corrected chi connectivity index (χ0v) is 29.4. The van der Waals surface area contributed by atoms with Crippen LogP contribution < -0.4 is 0 Å². The first-order chi connectivity index (χ1) is 15.1. The van der Waals surface area contributed by atoms with Gasteiger partial charge in [-0.1, -0.05) is 66.0 Å². The van der Waals surface area contributed by atoms with Gasteiger partial charge in [-0.2, -0.15) is 0 Å². The van der Waals surface area contributed by atoms with E-state index in [1.54, 1.807) is 0 Å². The molecule has 0 saturated carbocycles. The Hall–Kier alpha value is 0.884. The average molecular weight is 546 g/mol. The third kappa shape index (κ3) is 7.93. The van der Waals surface area contributed by atoms with Crippen LogP contribution in [0.25, 0.3) is 0 Å². The van der Waals surface area contributed by atoms with Crippen LogP contribution in [-0.4, -0.2) is 104 Å². The molecule has 0 atom stereocenters. The summed E-state index contributed by atoms with van der Waals surface area (Å²) in [5.74, 6) is 0. The molecule has 33 heavy (non-hydrogen) atoms. The van der Waals surface area contributed by atoms with Crippen molar-refractivity contribution in [2.75, 3.05) is 46.4 Å². The first-order valence-corrected chi connectivity index (χ1v) is 25.4. The van der Waals surface area contributed by atoms with Gasteiger partial charge >= 0.3 is 8.56 Å². The topological polar surface area (TPSA) is 28.2 Å². The van der Waals surface area contributed by atoms with E-state index in [0.29, 0.717) is 0 Å². The van der Waals surface area contributed by atoms with E-state index < -0.39 is 25.0 Å². The van der Waals surface area contributed by atoms with E-state index in [2.05, 4.69) is 74.3 Å². The zero-order valence-electron chi connectivity index (χ0n) is 23.6. The predicted molar refractivity (Wildman–Crippen MR) is 157 cm³/mol. The fourth-order valence-electron chi connectivity index (χ4n) is 6.71. The van der Waals surface area contributed by atoms with Crippen LogP contribution in [0.15, 0.2) is 0 Å². The molecule has 0 radical (unpaired) electrons. The van der Waals surface area contributed by atoms with Crippen molar-refractivity contribution < 1.29 is 8.85 Å². The van der Waals surface area contributed by atoms with E-state index >= 15 is 0 Å². The van der Waals surface area contributed by atoms with Gasteiger partial charge in [0.2, 0.25) is 0 Å². The highest BCUT2D eigenvalue weighted by molar-refractivity contribution is 6.84. The SMILES string of the molecule is CN1CCO[Si](CC(C)(C)CN2[SiH2]CC[Si]2(C)C)(CC(C)(C)CN2[SiH2]CC[Si]2(C)C)OCC1. The summed E-state index contributed by atoms with van der Waals surface area (Å²) in [6.45, 7) is 26.8. The molecule has 3 aliphatic heterocycles.